The van der Waals surface area contributed by atoms with E-state index >= 15 is 0 Å². The highest BCUT2D eigenvalue weighted by molar-refractivity contribution is 7.89. The molecule has 2 N–H and O–H groups in total. The molecule has 2 rings (SSSR count). The number of amides is 1. The SMILES string of the molecule is NS(=O)(=O)C1CC(=O)N(c2nc(Cl)cc(C(F)(F)F)n2)C1. The highest BCUT2D eigenvalue weighted by Crippen LogP contribution is 2.31. The van der Waals surface area contributed by atoms with E-state index in [0.29, 0.717) is 6.07 Å². The summed E-state index contributed by atoms with van der Waals surface area (Å²) in [5.41, 5.74) is -1.33. The number of carbonyl (C=O) groups is 1. The van der Waals surface area contributed by atoms with Crippen LogP contribution in [0.3, 0.4) is 0 Å². The fourth-order valence-corrected chi connectivity index (χ4v) is 2.67. The van der Waals surface area contributed by atoms with E-state index in [2.05, 4.69) is 9.97 Å². The van der Waals surface area contributed by atoms with Crippen molar-refractivity contribution >= 4 is 33.5 Å². The molecule has 2 heterocycles. The van der Waals surface area contributed by atoms with Gasteiger partial charge in [-0.05, 0) is 0 Å². The second-order valence-electron chi connectivity index (χ2n) is 4.29. The molecular weight excluding hydrogens is 337 g/mol. The third-order valence-corrected chi connectivity index (χ3v) is 4.21. The Morgan fingerprint density at radius 2 is 2.00 bits per heavy atom. The van der Waals surface area contributed by atoms with Crippen molar-refractivity contribution in [2.75, 3.05) is 11.4 Å². The average molecular weight is 345 g/mol. The Morgan fingerprint density at radius 3 is 2.48 bits per heavy atom. The lowest BCUT2D eigenvalue weighted by Gasteiger charge is -2.16. The molecule has 1 atom stereocenters. The van der Waals surface area contributed by atoms with Crippen LogP contribution < -0.4 is 10.0 Å². The van der Waals surface area contributed by atoms with Gasteiger partial charge in [0.1, 0.15) is 10.4 Å². The largest absolute Gasteiger partial charge is 0.433 e. The molecule has 0 aliphatic carbocycles. The van der Waals surface area contributed by atoms with Gasteiger partial charge in [0.2, 0.25) is 21.9 Å². The summed E-state index contributed by atoms with van der Waals surface area (Å²) < 4.78 is 60.3. The standard InChI is InChI=1S/C9H8ClF3N4O3S/c10-6-2-5(9(11,12)13)15-8(16-6)17-3-4(1-7(17)18)21(14,19)20/h2,4H,1,3H2,(H2,14,19,20). The molecule has 1 aromatic heterocycles. The zero-order chi connectivity index (χ0) is 16.0. The molecule has 21 heavy (non-hydrogen) atoms. The maximum atomic E-state index is 12.6. The average Bonchev–Trinajstić information content (AvgIpc) is 2.69. The highest BCUT2D eigenvalue weighted by Gasteiger charge is 2.40. The highest BCUT2D eigenvalue weighted by atomic mass is 35.5. The number of nitrogens with zero attached hydrogens (tertiary/aromatic N) is 3. The number of primary sulfonamides is 1. The number of halogens is 4. The second kappa shape index (κ2) is 5.07. The van der Waals surface area contributed by atoms with Crippen LogP contribution in [-0.4, -0.2) is 36.1 Å². The van der Waals surface area contributed by atoms with Gasteiger partial charge in [-0.2, -0.15) is 13.2 Å². The van der Waals surface area contributed by atoms with Crippen molar-refractivity contribution in [3.05, 3.63) is 16.9 Å². The second-order valence-corrected chi connectivity index (χ2v) is 6.53. The zero-order valence-corrected chi connectivity index (χ0v) is 11.7. The molecular formula is C9H8ClF3N4O3S. The van der Waals surface area contributed by atoms with Gasteiger partial charge in [0.15, 0.2) is 5.69 Å². The first kappa shape index (κ1) is 15.9. The third kappa shape index (κ3) is 3.41. The lowest BCUT2D eigenvalue weighted by molar-refractivity contribution is -0.141. The van der Waals surface area contributed by atoms with Gasteiger partial charge in [-0.15, -0.1) is 0 Å². The Bertz CT molecular complexity index is 694. The van der Waals surface area contributed by atoms with Crippen LogP contribution in [-0.2, 0) is 21.0 Å². The third-order valence-electron chi connectivity index (χ3n) is 2.77. The number of aromatic nitrogens is 2. The number of rotatable bonds is 2. The smallest absolute Gasteiger partial charge is 0.279 e. The van der Waals surface area contributed by atoms with Crippen LogP contribution in [0.1, 0.15) is 12.1 Å². The number of carbonyl (C=O) groups excluding carboxylic acids is 1. The van der Waals surface area contributed by atoms with E-state index < -0.39 is 57.1 Å². The quantitative estimate of drug-likeness (QED) is 0.788. The van der Waals surface area contributed by atoms with E-state index in [9.17, 15) is 26.4 Å². The minimum atomic E-state index is -4.77. The topological polar surface area (TPSA) is 106 Å². The van der Waals surface area contributed by atoms with Crippen molar-refractivity contribution < 1.29 is 26.4 Å². The molecule has 1 aliphatic rings. The van der Waals surface area contributed by atoms with Crippen LogP contribution in [0, 0.1) is 0 Å². The first-order valence-electron chi connectivity index (χ1n) is 5.42. The van der Waals surface area contributed by atoms with E-state index in [1.807, 2.05) is 0 Å². The number of anilines is 1. The Hall–Kier alpha value is -1.46. The van der Waals surface area contributed by atoms with Crippen molar-refractivity contribution in [3.8, 4) is 0 Å². The van der Waals surface area contributed by atoms with E-state index in [1.54, 1.807) is 0 Å². The van der Waals surface area contributed by atoms with Crippen LogP contribution in [0.5, 0.6) is 0 Å². The van der Waals surface area contributed by atoms with Crippen LogP contribution in [0.15, 0.2) is 6.07 Å². The normalized spacial score (nSPS) is 20.1. The summed E-state index contributed by atoms with van der Waals surface area (Å²) in [7, 11) is -4.00. The minimum Gasteiger partial charge on any atom is -0.279 e. The number of hydrogen-bond acceptors (Lipinski definition) is 5. The molecule has 1 aromatic rings. The molecule has 7 nitrogen and oxygen atoms in total. The molecule has 1 aliphatic heterocycles. The molecule has 0 saturated carbocycles. The maximum absolute atomic E-state index is 12.6. The van der Waals surface area contributed by atoms with Crippen molar-refractivity contribution in [2.24, 2.45) is 5.14 Å². The summed E-state index contributed by atoms with van der Waals surface area (Å²) in [6, 6.07) is 0.503. The van der Waals surface area contributed by atoms with Crippen molar-refractivity contribution in [1.82, 2.24) is 9.97 Å². The van der Waals surface area contributed by atoms with Crippen LogP contribution >= 0.6 is 11.6 Å². The molecule has 116 valence electrons. The van der Waals surface area contributed by atoms with E-state index in [-0.39, 0.29) is 0 Å². The summed E-state index contributed by atoms with van der Waals surface area (Å²) in [6.07, 6.45) is -5.22. The lowest BCUT2D eigenvalue weighted by Crippen LogP contribution is -2.33. The van der Waals surface area contributed by atoms with Crippen LogP contribution in [0.2, 0.25) is 5.15 Å². The van der Waals surface area contributed by atoms with Gasteiger partial charge in [0, 0.05) is 19.0 Å². The van der Waals surface area contributed by atoms with E-state index in [0.717, 1.165) is 4.90 Å². The van der Waals surface area contributed by atoms with E-state index in [1.165, 1.54) is 0 Å². The monoisotopic (exact) mass is 344 g/mol. The number of alkyl halides is 3. The molecule has 0 radical (unpaired) electrons. The van der Waals surface area contributed by atoms with Gasteiger partial charge < -0.3 is 0 Å². The van der Waals surface area contributed by atoms with E-state index in [4.69, 9.17) is 16.7 Å². The molecule has 12 heteroatoms. The summed E-state index contributed by atoms with van der Waals surface area (Å²) in [6.45, 7) is -0.421. The van der Waals surface area contributed by atoms with Gasteiger partial charge in [0.25, 0.3) is 0 Å². The predicted octanol–water partition coefficient (Wildman–Crippen LogP) is 0.543. The summed E-state index contributed by atoms with van der Waals surface area (Å²) >= 11 is 5.48. The molecule has 1 unspecified atom stereocenters. The van der Waals surface area contributed by atoms with Gasteiger partial charge in [-0.25, -0.2) is 23.5 Å². The Balaban J connectivity index is 2.39. The molecule has 0 aromatic carbocycles. The first-order chi connectivity index (χ1) is 9.48. The van der Waals surface area contributed by atoms with Crippen LogP contribution in [0.4, 0.5) is 19.1 Å². The molecule has 1 saturated heterocycles. The lowest BCUT2D eigenvalue weighted by atomic mass is 10.4. The van der Waals surface area contributed by atoms with Crippen molar-refractivity contribution in [1.29, 1.82) is 0 Å². The maximum Gasteiger partial charge on any atom is 0.433 e. The fourth-order valence-electron chi connectivity index (χ4n) is 1.76. The first-order valence-corrected chi connectivity index (χ1v) is 7.41. The number of hydrogen-bond donors (Lipinski definition) is 1. The van der Waals surface area contributed by atoms with Crippen molar-refractivity contribution in [3.63, 3.8) is 0 Å². The van der Waals surface area contributed by atoms with Gasteiger partial charge >= 0.3 is 6.18 Å². The zero-order valence-electron chi connectivity index (χ0n) is 10.1. The Morgan fingerprint density at radius 1 is 1.38 bits per heavy atom. The molecule has 1 fully saturated rings. The van der Waals surface area contributed by atoms with Gasteiger partial charge in [-0.1, -0.05) is 11.6 Å². The summed E-state index contributed by atoms with van der Waals surface area (Å²) in [5, 5.41) is 3.18. The Kier molecular flexibility index (Phi) is 3.84. The molecule has 1 amide bonds. The molecule has 0 spiro atoms. The van der Waals surface area contributed by atoms with Crippen molar-refractivity contribution in [2.45, 2.75) is 17.8 Å². The number of nitrogens with two attached hydrogens (primary N) is 1. The summed E-state index contributed by atoms with van der Waals surface area (Å²) in [4.78, 5) is 19.1. The number of sulfonamides is 1. The summed E-state index contributed by atoms with van der Waals surface area (Å²) in [5.74, 6) is -1.35. The Labute approximate surface area is 122 Å². The molecule has 0 bridgehead atoms. The fraction of sp³-hybridized carbons (Fsp3) is 0.444. The minimum absolute atomic E-state index is 0.421. The van der Waals surface area contributed by atoms with Gasteiger partial charge in [-0.3, -0.25) is 9.69 Å². The predicted molar refractivity (Wildman–Crippen MR) is 65.9 cm³/mol. The van der Waals surface area contributed by atoms with Gasteiger partial charge in [0.05, 0.1) is 0 Å². The van der Waals surface area contributed by atoms with Crippen LogP contribution in [0.25, 0.3) is 0 Å².